The van der Waals surface area contributed by atoms with E-state index >= 15 is 0 Å². The second kappa shape index (κ2) is 8.82. The first-order chi connectivity index (χ1) is 9.56. The zero-order valence-electron chi connectivity index (χ0n) is 12.3. The molecule has 0 aromatic heterocycles. The van der Waals surface area contributed by atoms with Crippen molar-refractivity contribution in [3.8, 4) is 5.75 Å². The Balaban J connectivity index is 2.47. The molecule has 112 valence electrons. The molecule has 0 saturated heterocycles. The molecule has 1 unspecified atom stereocenters. The summed E-state index contributed by atoms with van der Waals surface area (Å²) in [7, 11) is 1.88. The first kappa shape index (κ1) is 16.8. The van der Waals surface area contributed by atoms with Crippen LogP contribution in [0.15, 0.2) is 18.2 Å². The summed E-state index contributed by atoms with van der Waals surface area (Å²) in [5, 5.41) is 6.46. The van der Waals surface area contributed by atoms with E-state index in [9.17, 15) is 4.79 Å². The summed E-state index contributed by atoms with van der Waals surface area (Å²) in [5.74, 6) is 0.408. The number of ether oxygens (including phenoxy) is 1. The predicted molar refractivity (Wildman–Crippen MR) is 82.2 cm³/mol. The molecule has 0 aliphatic carbocycles. The van der Waals surface area contributed by atoms with Crippen LogP contribution in [-0.4, -0.2) is 25.6 Å². The lowest BCUT2D eigenvalue weighted by molar-refractivity contribution is -0.123. The quantitative estimate of drug-likeness (QED) is 0.776. The Morgan fingerprint density at radius 2 is 2.20 bits per heavy atom. The van der Waals surface area contributed by atoms with E-state index in [0.29, 0.717) is 10.8 Å². The van der Waals surface area contributed by atoms with E-state index in [1.54, 1.807) is 6.07 Å². The fourth-order valence-electron chi connectivity index (χ4n) is 1.94. The van der Waals surface area contributed by atoms with Gasteiger partial charge >= 0.3 is 0 Å². The lowest BCUT2D eigenvalue weighted by atomic mass is 10.2. The minimum absolute atomic E-state index is 0.0147. The molecule has 0 bridgehead atoms. The molecule has 1 rings (SSSR count). The highest BCUT2D eigenvalue weighted by Gasteiger charge is 2.09. The van der Waals surface area contributed by atoms with Crippen LogP contribution < -0.4 is 15.4 Å². The minimum Gasteiger partial charge on any atom is -0.482 e. The van der Waals surface area contributed by atoms with Crippen LogP contribution in [0.2, 0.25) is 5.02 Å². The molecule has 0 spiro atoms. The normalized spacial score (nSPS) is 12.0. The van der Waals surface area contributed by atoms with Crippen LogP contribution in [-0.2, 0) is 11.3 Å². The minimum atomic E-state index is -0.124. The van der Waals surface area contributed by atoms with Crippen molar-refractivity contribution in [3.05, 3.63) is 28.8 Å². The van der Waals surface area contributed by atoms with E-state index in [4.69, 9.17) is 16.3 Å². The van der Waals surface area contributed by atoms with Crippen LogP contribution in [0.1, 0.15) is 32.3 Å². The number of amides is 1. The Labute approximate surface area is 125 Å². The van der Waals surface area contributed by atoms with Crippen LogP contribution in [0.4, 0.5) is 0 Å². The molecule has 0 heterocycles. The van der Waals surface area contributed by atoms with Crippen molar-refractivity contribution in [2.45, 2.75) is 39.3 Å². The molecule has 1 amide bonds. The number of benzene rings is 1. The number of nitrogens with one attached hydrogen (secondary N) is 2. The molecule has 0 aliphatic heterocycles. The maximum absolute atomic E-state index is 11.7. The van der Waals surface area contributed by atoms with Crippen molar-refractivity contribution in [2.24, 2.45) is 0 Å². The maximum atomic E-state index is 11.7. The average Bonchev–Trinajstić information content (AvgIpc) is 2.38. The van der Waals surface area contributed by atoms with Gasteiger partial charge in [0.1, 0.15) is 5.75 Å². The summed E-state index contributed by atoms with van der Waals surface area (Å²) in [6.07, 6.45) is 2.01. The maximum Gasteiger partial charge on any atom is 0.258 e. The van der Waals surface area contributed by atoms with Gasteiger partial charge in [-0.2, -0.15) is 0 Å². The predicted octanol–water partition coefficient (Wildman–Crippen LogP) is 2.74. The Morgan fingerprint density at radius 3 is 2.80 bits per heavy atom. The number of hydrogen-bond donors (Lipinski definition) is 2. The monoisotopic (exact) mass is 298 g/mol. The Morgan fingerprint density at radius 1 is 1.45 bits per heavy atom. The zero-order valence-corrected chi connectivity index (χ0v) is 13.1. The van der Waals surface area contributed by atoms with E-state index in [2.05, 4.69) is 17.6 Å². The van der Waals surface area contributed by atoms with Gasteiger partial charge in [0.15, 0.2) is 6.61 Å². The van der Waals surface area contributed by atoms with Crippen molar-refractivity contribution >= 4 is 17.5 Å². The van der Waals surface area contributed by atoms with E-state index in [1.165, 1.54) is 0 Å². The van der Waals surface area contributed by atoms with Gasteiger partial charge in [-0.1, -0.05) is 31.0 Å². The van der Waals surface area contributed by atoms with E-state index in [-0.39, 0.29) is 18.6 Å². The largest absolute Gasteiger partial charge is 0.482 e. The third-order valence-corrected chi connectivity index (χ3v) is 3.16. The highest BCUT2D eigenvalue weighted by Crippen LogP contribution is 2.25. The number of halogens is 1. The summed E-state index contributed by atoms with van der Waals surface area (Å²) < 4.78 is 5.45. The first-order valence-corrected chi connectivity index (χ1v) is 7.29. The standard InChI is InChI=1S/C15H23ClN2O2/c1-4-5-11(2)18-15(19)10-20-14-7-6-12(9-17-3)8-13(14)16/h6-8,11,17H,4-5,9-10H2,1-3H3,(H,18,19). The topological polar surface area (TPSA) is 50.4 Å². The summed E-state index contributed by atoms with van der Waals surface area (Å²) in [5.41, 5.74) is 1.07. The smallest absolute Gasteiger partial charge is 0.258 e. The SMILES string of the molecule is CCCC(C)NC(=O)COc1ccc(CNC)cc1Cl. The van der Waals surface area contributed by atoms with Gasteiger partial charge in [-0.25, -0.2) is 0 Å². The van der Waals surface area contributed by atoms with E-state index < -0.39 is 0 Å². The van der Waals surface area contributed by atoms with Crippen molar-refractivity contribution in [1.29, 1.82) is 0 Å². The van der Waals surface area contributed by atoms with Gasteiger partial charge in [-0.3, -0.25) is 4.79 Å². The van der Waals surface area contributed by atoms with Crippen LogP contribution in [0, 0.1) is 0 Å². The van der Waals surface area contributed by atoms with Crippen LogP contribution in [0.25, 0.3) is 0 Å². The molecule has 20 heavy (non-hydrogen) atoms. The molecule has 0 fully saturated rings. The van der Waals surface area contributed by atoms with Gasteiger partial charge in [-0.15, -0.1) is 0 Å². The van der Waals surface area contributed by atoms with Crippen LogP contribution >= 0.6 is 11.6 Å². The van der Waals surface area contributed by atoms with Gasteiger partial charge in [0.2, 0.25) is 0 Å². The molecule has 5 heteroatoms. The summed E-state index contributed by atoms with van der Waals surface area (Å²) >= 11 is 6.12. The molecule has 0 radical (unpaired) electrons. The lowest BCUT2D eigenvalue weighted by Crippen LogP contribution is -2.35. The molecular weight excluding hydrogens is 276 g/mol. The second-order valence-corrected chi connectivity index (χ2v) is 5.25. The zero-order chi connectivity index (χ0) is 15.0. The Bertz CT molecular complexity index is 438. The lowest BCUT2D eigenvalue weighted by Gasteiger charge is -2.14. The molecule has 1 aromatic carbocycles. The van der Waals surface area contributed by atoms with Crippen LogP contribution in [0.3, 0.4) is 0 Å². The first-order valence-electron chi connectivity index (χ1n) is 6.92. The van der Waals surface area contributed by atoms with Gasteiger partial charge in [0, 0.05) is 12.6 Å². The van der Waals surface area contributed by atoms with Gasteiger partial charge < -0.3 is 15.4 Å². The van der Waals surface area contributed by atoms with E-state index in [0.717, 1.165) is 24.9 Å². The van der Waals surface area contributed by atoms with Crippen molar-refractivity contribution in [1.82, 2.24) is 10.6 Å². The Hall–Kier alpha value is -1.26. The average molecular weight is 299 g/mol. The Kier molecular flexibility index (Phi) is 7.41. The third kappa shape index (κ3) is 5.80. The molecule has 1 aromatic rings. The molecule has 4 nitrogen and oxygen atoms in total. The van der Waals surface area contributed by atoms with Crippen molar-refractivity contribution in [2.75, 3.05) is 13.7 Å². The van der Waals surface area contributed by atoms with Gasteiger partial charge in [0.25, 0.3) is 5.91 Å². The second-order valence-electron chi connectivity index (χ2n) is 4.84. The number of carbonyl (C=O) groups excluding carboxylic acids is 1. The fraction of sp³-hybridized carbons (Fsp3) is 0.533. The fourth-order valence-corrected chi connectivity index (χ4v) is 2.20. The molecule has 1 atom stereocenters. The van der Waals surface area contributed by atoms with Gasteiger partial charge in [0.05, 0.1) is 5.02 Å². The molecule has 2 N–H and O–H groups in total. The van der Waals surface area contributed by atoms with Crippen molar-refractivity contribution in [3.63, 3.8) is 0 Å². The molecular formula is C15H23ClN2O2. The van der Waals surface area contributed by atoms with Crippen LogP contribution in [0.5, 0.6) is 5.75 Å². The highest BCUT2D eigenvalue weighted by atomic mass is 35.5. The number of hydrogen-bond acceptors (Lipinski definition) is 3. The molecule has 0 saturated carbocycles. The summed E-state index contributed by atoms with van der Waals surface area (Å²) in [4.78, 5) is 11.7. The van der Waals surface area contributed by atoms with E-state index in [1.807, 2.05) is 26.1 Å². The van der Waals surface area contributed by atoms with Crippen molar-refractivity contribution < 1.29 is 9.53 Å². The summed E-state index contributed by atoms with van der Waals surface area (Å²) in [6, 6.07) is 5.72. The molecule has 0 aliphatic rings. The highest BCUT2D eigenvalue weighted by molar-refractivity contribution is 6.32. The van der Waals surface area contributed by atoms with Gasteiger partial charge in [-0.05, 0) is 38.1 Å². The number of rotatable bonds is 8. The summed E-state index contributed by atoms with van der Waals surface area (Å²) in [6.45, 7) is 4.81. The third-order valence-electron chi connectivity index (χ3n) is 2.87. The number of carbonyl (C=O) groups is 1.